The van der Waals surface area contributed by atoms with E-state index < -0.39 is 11.4 Å². The van der Waals surface area contributed by atoms with Gasteiger partial charge in [-0.15, -0.1) is 0 Å². The fourth-order valence-electron chi connectivity index (χ4n) is 2.00. The van der Waals surface area contributed by atoms with E-state index in [4.69, 9.17) is 11.6 Å². The molecule has 1 fully saturated rings. The number of aliphatic hydroxyl groups is 1. The van der Waals surface area contributed by atoms with E-state index in [9.17, 15) is 9.50 Å². The highest BCUT2D eigenvalue weighted by Gasteiger charge is 2.34. The molecule has 0 bridgehead atoms. The van der Waals surface area contributed by atoms with E-state index in [1.807, 2.05) is 6.92 Å². The Morgan fingerprint density at radius 3 is 2.76 bits per heavy atom. The largest absolute Gasteiger partial charge is 0.389 e. The maximum Gasteiger partial charge on any atom is 0.142 e. The van der Waals surface area contributed by atoms with Crippen molar-refractivity contribution in [1.82, 2.24) is 5.32 Å². The quantitative estimate of drug-likeness (QED) is 0.869. The molecule has 0 radical (unpaired) electrons. The third kappa shape index (κ3) is 2.97. The lowest BCUT2D eigenvalue weighted by Gasteiger charge is -2.37. The summed E-state index contributed by atoms with van der Waals surface area (Å²) in [5.74, 6) is -0.403. The molecule has 1 atom stereocenters. The maximum atomic E-state index is 13.3. The average Bonchev–Trinajstić information content (AvgIpc) is 2.27. The summed E-state index contributed by atoms with van der Waals surface area (Å²) in [7, 11) is 0. The van der Waals surface area contributed by atoms with Gasteiger partial charge >= 0.3 is 0 Å². The standard InChI is InChI=1S/C13H17ClFNO/c1-9(16-8-13(17)5-2-6-13)10-3-4-11(14)12(15)7-10/h3-4,7,9,16-17H,2,5-6,8H2,1H3. The molecule has 1 aromatic rings. The second-order valence-electron chi connectivity index (χ2n) is 4.85. The van der Waals surface area contributed by atoms with Crippen LogP contribution in [0.4, 0.5) is 4.39 Å². The van der Waals surface area contributed by atoms with Crippen molar-refractivity contribution in [3.05, 3.63) is 34.6 Å². The minimum Gasteiger partial charge on any atom is -0.389 e. The van der Waals surface area contributed by atoms with Gasteiger partial charge in [-0.1, -0.05) is 17.7 Å². The van der Waals surface area contributed by atoms with Crippen molar-refractivity contribution in [2.75, 3.05) is 6.54 Å². The Kier molecular flexibility index (Phi) is 3.71. The van der Waals surface area contributed by atoms with E-state index in [2.05, 4.69) is 5.32 Å². The molecular formula is C13H17ClFNO. The molecule has 1 saturated carbocycles. The summed E-state index contributed by atoms with van der Waals surface area (Å²) >= 11 is 5.63. The second-order valence-corrected chi connectivity index (χ2v) is 5.26. The van der Waals surface area contributed by atoms with E-state index in [1.165, 1.54) is 6.07 Å². The molecule has 0 spiro atoms. The molecule has 2 rings (SSSR count). The molecule has 1 aromatic carbocycles. The van der Waals surface area contributed by atoms with Crippen molar-refractivity contribution >= 4 is 11.6 Å². The van der Waals surface area contributed by atoms with Crippen molar-refractivity contribution < 1.29 is 9.50 Å². The Balaban J connectivity index is 1.94. The monoisotopic (exact) mass is 257 g/mol. The van der Waals surface area contributed by atoms with E-state index in [1.54, 1.807) is 12.1 Å². The van der Waals surface area contributed by atoms with Gasteiger partial charge in [0.2, 0.25) is 0 Å². The van der Waals surface area contributed by atoms with Crippen LogP contribution in [0.25, 0.3) is 0 Å². The third-order valence-corrected chi connectivity index (χ3v) is 3.77. The molecule has 2 N–H and O–H groups in total. The highest BCUT2D eigenvalue weighted by molar-refractivity contribution is 6.30. The van der Waals surface area contributed by atoms with Crippen molar-refractivity contribution in [3.63, 3.8) is 0 Å². The Morgan fingerprint density at radius 1 is 1.53 bits per heavy atom. The molecule has 0 amide bonds. The van der Waals surface area contributed by atoms with Crippen LogP contribution in [0.5, 0.6) is 0 Å². The molecule has 0 heterocycles. The van der Waals surface area contributed by atoms with Gasteiger partial charge in [-0.2, -0.15) is 0 Å². The number of halogens is 2. The average molecular weight is 258 g/mol. The first-order valence-corrected chi connectivity index (χ1v) is 6.29. The van der Waals surface area contributed by atoms with Gasteiger partial charge in [-0.25, -0.2) is 4.39 Å². The summed E-state index contributed by atoms with van der Waals surface area (Å²) in [4.78, 5) is 0. The molecule has 0 saturated heterocycles. The normalized spacial score (nSPS) is 19.8. The number of hydrogen-bond acceptors (Lipinski definition) is 2. The first-order valence-electron chi connectivity index (χ1n) is 5.91. The van der Waals surface area contributed by atoms with Crippen LogP contribution in [0, 0.1) is 5.82 Å². The highest BCUT2D eigenvalue weighted by atomic mass is 35.5. The second kappa shape index (κ2) is 4.92. The predicted octanol–water partition coefficient (Wildman–Crippen LogP) is 3.04. The van der Waals surface area contributed by atoms with Crippen LogP contribution in [0.2, 0.25) is 5.02 Å². The van der Waals surface area contributed by atoms with Gasteiger partial charge in [0.25, 0.3) is 0 Å². The lowest BCUT2D eigenvalue weighted by atomic mass is 9.80. The molecule has 17 heavy (non-hydrogen) atoms. The summed E-state index contributed by atoms with van der Waals surface area (Å²) in [6.07, 6.45) is 2.78. The highest BCUT2D eigenvalue weighted by Crippen LogP contribution is 2.31. The zero-order valence-electron chi connectivity index (χ0n) is 9.84. The van der Waals surface area contributed by atoms with Gasteiger partial charge in [-0.05, 0) is 43.9 Å². The summed E-state index contributed by atoms with van der Waals surface area (Å²) < 4.78 is 13.3. The van der Waals surface area contributed by atoms with Crippen LogP contribution < -0.4 is 5.32 Å². The van der Waals surface area contributed by atoms with E-state index >= 15 is 0 Å². The Morgan fingerprint density at radius 2 is 2.24 bits per heavy atom. The smallest absolute Gasteiger partial charge is 0.142 e. The van der Waals surface area contributed by atoms with Crippen molar-refractivity contribution in [3.8, 4) is 0 Å². The lowest BCUT2D eigenvalue weighted by molar-refractivity contribution is -0.0329. The van der Waals surface area contributed by atoms with Gasteiger partial charge in [0.15, 0.2) is 0 Å². The fourth-order valence-corrected chi connectivity index (χ4v) is 2.12. The molecule has 0 aromatic heterocycles. The van der Waals surface area contributed by atoms with Gasteiger partial charge < -0.3 is 10.4 Å². The number of benzene rings is 1. The van der Waals surface area contributed by atoms with E-state index in [-0.39, 0.29) is 11.1 Å². The number of hydrogen-bond donors (Lipinski definition) is 2. The molecule has 1 unspecified atom stereocenters. The van der Waals surface area contributed by atoms with Crippen LogP contribution in [0.1, 0.15) is 37.8 Å². The Bertz CT molecular complexity index is 406. The minimum atomic E-state index is -0.556. The topological polar surface area (TPSA) is 32.3 Å². The SMILES string of the molecule is CC(NCC1(O)CCC1)c1ccc(Cl)c(F)c1. The van der Waals surface area contributed by atoms with Crippen LogP contribution in [-0.2, 0) is 0 Å². The first-order chi connectivity index (χ1) is 8.00. The molecule has 4 heteroatoms. The molecule has 2 nitrogen and oxygen atoms in total. The minimum absolute atomic E-state index is 0.00592. The molecule has 94 valence electrons. The fraction of sp³-hybridized carbons (Fsp3) is 0.538. The van der Waals surface area contributed by atoms with Crippen LogP contribution in [0.15, 0.2) is 18.2 Å². The molecular weight excluding hydrogens is 241 g/mol. The predicted molar refractivity (Wildman–Crippen MR) is 66.6 cm³/mol. The zero-order chi connectivity index (χ0) is 12.5. The van der Waals surface area contributed by atoms with Gasteiger partial charge in [0, 0.05) is 12.6 Å². The van der Waals surface area contributed by atoms with Crippen LogP contribution >= 0.6 is 11.6 Å². The number of rotatable bonds is 4. The summed E-state index contributed by atoms with van der Waals surface area (Å²) in [6.45, 7) is 2.50. The Labute approximate surface area is 106 Å². The number of nitrogens with one attached hydrogen (secondary N) is 1. The molecule has 1 aliphatic carbocycles. The van der Waals surface area contributed by atoms with Gasteiger partial charge in [-0.3, -0.25) is 0 Å². The zero-order valence-corrected chi connectivity index (χ0v) is 10.6. The van der Waals surface area contributed by atoms with Crippen molar-refractivity contribution in [2.24, 2.45) is 0 Å². The maximum absolute atomic E-state index is 13.3. The van der Waals surface area contributed by atoms with Gasteiger partial charge in [0.1, 0.15) is 5.82 Å². The van der Waals surface area contributed by atoms with Gasteiger partial charge in [0.05, 0.1) is 10.6 Å². The van der Waals surface area contributed by atoms with Crippen LogP contribution in [-0.4, -0.2) is 17.3 Å². The molecule has 0 aliphatic heterocycles. The first kappa shape index (κ1) is 12.8. The Hall–Kier alpha value is -0.640. The van der Waals surface area contributed by atoms with Crippen molar-refractivity contribution in [2.45, 2.75) is 37.8 Å². The van der Waals surface area contributed by atoms with Crippen molar-refractivity contribution in [1.29, 1.82) is 0 Å². The third-order valence-electron chi connectivity index (χ3n) is 3.47. The summed E-state index contributed by atoms with van der Waals surface area (Å²) in [5, 5.41) is 13.3. The van der Waals surface area contributed by atoms with E-state index in [0.29, 0.717) is 6.54 Å². The summed E-state index contributed by atoms with van der Waals surface area (Å²) in [5.41, 5.74) is 0.286. The van der Waals surface area contributed by atoms with E-state index in [0.717, 1.165) is 24.8 Å². The summed E-state index contributed by atoms with van der Waals surface area (Å²) in [6, 6.07) is 4.80. The van der Waals surface area contributed by atoms with Crippen LogP contribution in [0.3, 0.4) is 0 Å². The molecule has 1 aliphatic rings. The lowest BCUT2D eigenvalue weighted by Crippen LogP contribution is -2.46.